The van der Waals surface area contributed by atoms with Gasteiger partial charge in [0.2, 0.25) is 0 Å². The molecule has 1 saturated heterocycles. The van der Waals surface area contributed by atoms with E-state index in [1.165, 1.54) is 11.3 Å². The standard InChI is InChI=1S/C16H16N2O2S/c1-10-8-11(6-7-20-10)15(19)12(9-17)16-18-13-4-2-3-5-14(13)21-16/h2-5,10-12H,6-8H2,1H3/t10-,11+,12-/m1/s1. The molecule has 0 aliphatic carbocycles. The van der Waals surface area contributed by atoms with E-state index in [0.717, 1.165) is 10.2 Å². The van der Waals surface area contributed by atoms with Crippen molar-refractivity contribution in [1.29, 1.82) is 5.26 Å². The Hall–Kier alpha value is -1.77. The van der Waals surface area contributed by atoms with Crippen LogP contribution in [0.15, 0.2) is 24.3 Å². The smallest absolute Gasteiger partial charge is 0.160 e. The van der Waals surface area contributed by atoms with Crippen LogP contribution in [0.4, 0.5) is 0 Å². The van der Waals surface area contributed by atoms with Crippen LogP contribution in [0.2, 0.25) is 0 Å². The largest absolute Gasteiger partial charge is 0.378 e. The molecule has 0 spiro atoms. The lowest BCUT2D eigenvalue weighted by atomic mass is 9.86. The van der Waals surface area contributed by atoms with Gasteiger partial charge in [0.1, 0.15) is 5.01 Å². The van der Waals surface area contributed by atoms with E-state index in [0.29, 0.717) is 24.5 Å². The zero-order valence-electron chi connectivity index (χ0n) is 11.8. The van der Waals surface area contributed by atoms with Gasteiger partial charge in [0.05, 0.1) is 22.4 Å². The molecule has 108 valence electrons. The van der Waals surface area contributed by atoms with Crippen LogP contribution in [0.3, 0.4) is 0 Å². The number of nitriles is 1. The maximum absolute atomic E-state index is 12.6. The van der Waals surface area contributed by atoms with Crippen molar-refractivity contribution in [1.82, 2.24) is 4.98 Å². The van der Waals surface area contributed by atoms with Gasteiger partial charge in [0.15, 0.2) is 11.7 Å². The highest BCUT2D eigenvalue weighted by Gasteiger charge is 2.33. The molecule has 0 bridgehead atoms. The molecule has 5 heteroatoms. The Morgan fingerprint density at radius 3 is 3.05 bits per heavy atom. The molecular formula is C16H16N2O2S. The van der Waals surface area contributed by atoms with Gasteiger partial charge in [-0.3, -0.25) is 4.79 Å². The number of ether oxygens (including phenoxy) is 1. The predicted molar refractivity (Wildman–Crippen MR) is 81.1 cm³/mol. The number of Topliss-reactive ketones (excluding diaryl/α,β-unsaturated/α-hetero) is 1. The second-order valence-corrected chi connectivity index (χ2v) is 6.45. The van der Waals surface area contributed by atoms with Gasteiger partial charge in [-0.2, -0.15) is 5.26 Å². The summed E-state index contributed by atoms with van der Waals surface area (Å²) >= 11 is 1.44. The van der Waals surface area contributed by atoms with Crippen LogP contribution in [-0.2, 0) is 9.53 Å². The highest BCUT2D eigenvalue weighted by atomic mass is 32.1. The number of thiazole rings is 1. The highest BCUT2D eigenvalue weighted by Crippen LogP contribution is 2.32. The molecule has 0 saturated carbocycles. The molecule has 1 aromatic carbocycles. The minimum Gasteiger partial charge on any atom is -0.378 e. The number of nitrogens with zero attached hydrogens (tertiary/aromatic N) is 2. The molecule has 2 heterocycles. The van der Waals surface area contributed by atoms with Gasteiger partial charge in [-0.25, -0.2) is 4.98 Å². The second kappa shape index (κ2) is 5.92. The predicted octanol–water partition coefficient (Wildman–Crippen LogP) is 3.29. The second-order valence-electron chi connectivity index (χ2n) is 5.39. The fourth-order valence-corrected chi connectivity index (χ4v) is 3.77. The van der Waals surface area contributed by atoms with Gasteiger partial charge >= 0.3 is 0 Å². The quantitative estimate of drug-likeness (QED) is 0.872. The minimum atomic E-state index is -0.752. The number of carbonyl (C=O) groups excluding carboxylic acids is 1. The van der Waals surface area contributed by atoms with Crippen LogP contribution in [-0.4, -0.2) is 23.5 Å². The fraction of sp³-hybridized carbons (Fsp3) is 0.438. The molecule has 0 N–H and O–H groups in total. The molecule has 2 aromatic rings. The molecule has 1 aliphatic heterocycles. The first-order chi connectivity index (χ1) is 10.2. The number of para-hydroxylation sites is 1. The average molecular weight is 300 g/mol. The molecule has 3 rings (SSSR count). The average Bonchev–Trinajstić information content (AvgIpc) is 2.91. The molecule has 0 radical (unpaired) electrons. The van der Waals surface area contributed by atoms with Crippen molar-refractivity contribution in [3.8, 4) is 6.07 Å². The Bertz CT molecular complexity index is 671. The van der Waals surface area contributed by atoms with E-state index >= 15 is 0 Å². The van der Waals surface area contributed by atoms with E-state index in [9.17, 15) is 10.1 Å². The highest BCUT2D eigenvalue weighted by molar-refractivity contribution is 7.18. The molecule has 3 atom stereocenters. The van der Waals surface area contributed by atoms with Gasteiger partial charge in [0, 0.05) is 12.5 Å². The summed E-state index contributed by atoms with van der Waals surface area (Å²) in [4.78, 5) is 17.1. The Morgan fingerprint density at radius 2 is 2.33 bits per heavy atom. The van der Waals surface area contributed by atoms with Crippen molar-refractivity contribution >= 4 is 27.3 Å². The van der Waals surface area contributed by atoms with E-state index in [1.807, 2.05) is 31.2 Å². The van der Waals surface area contributed by atoms with Crippen LogP contribution in [0.5, 0.6) is 0 Å². The van der Waals surface area contributed by atoms with E-state index in [1.54, 1.807) is 0 Å². The summed E-state index contributed by atoms with van der Waals surface area (Å²) in [5.41, 5.74) is 0.853. The van der Waals surface area contributed by atoms with Crippen LogP contribution in [0.1, 0.15) is 30.7 Å². The number of hydrogen-bond donors (Lipinski definition) is 0. The van der Waals surface area contributed by atoms with Gasteiger partial charge < -0.3 is 4.74 Å². The molecule has 4 nitrogen and oxygen atoms in total. The summed E-state index contributed by atoms with van der Waals surface area (Å²) < 4.78 is 6.49. The molecule has 0 unspecified atom stereocenters. The first kappa shape index (κ1) is 14.2. The zero-order valence-corrected chi connectivity index (χ0v) is 12.6. The molecular weight excluding hydrogens is 284 g/mol. The number of rotatable bonds is 3. The summed E-state index contributed by atoms with van der Waals surface area (Å²) in [5, 5.41) is 10.0. The fourth-order valence-electron chi connectivity index (χ4n) is 2.75. The third kappa shape index (κ3) is 2.82. The zero-order chi connectivity index (χ0) is 14.8. The number of benzene rings is 1. The normalized spacial score (nSPS) is 23.6. The Labute approximate surface area is 127 Å². The Morgan fingerprint density at radius 1 is 1.52 bits per heavy atom. The van der Waals surface area contributed by atoms with Crippen LogP contribution < -0.4 is 0 Å². The van der Waals surface area contributed by atoms with E-state index < -0.39 is 5.92 Å². The Balaban J connectivity index is 1.87. The van der Waals surface area contributed by atoms with Crippen molar-refractivity contribution in [3.05, 3.63) is 29.3 Å². The first-order valence-corrected chi connectivity index (χ1v) is 7.91. The first-order valence-electron chi connectivity index (χ1n) is 7.09. The molecule has 21 heavy (non-hydrogen) atoms. The number of fused-ring (bicyclic) bond motifs is 1. The van der Waals surface area contributed by atoms with Crippen LogP contribution in [0.25, 0.3) is 10.2 Å². The molecule has 1 aromatic heterocycles. The molecule has 1 aliphatic rings. The summed E-state index contributed by atoms with van der Waals surface area (Å²) in [5.74, 6) is -0.852. The third-order valence-corrected chi connectivity index (χ3v) is 4.96. The van der Waals surface area contributed by atoms with Crippen molar-refractivity contribution in [3.63, 3.8) is 0 Å². The van der Waals surface area contributed by atoms with Crippen molar-refractivity contribution in [2.45, 2.75) is 31.8 Å². The summed E-state index contributed by atoms with van der Waals surface area (Å²) in [6.45, 7) is 2.56. The Kier molecular flexibility index (Phi) is 4.00. The van der Waals surface area contributed by atoms with Gasteiger partial charge in [0.25, 0.3) is 0 Å². The number of ketones is 1. The number of carbonyl (C=O) groups is 1. The monoisotopic (exact) mass is 300 g/mol. The van der Waals surface area contributed by atoms with E-state index in [2.05, 4.69) is 11.1 Å². The molecule has 0 amide bonds. The lowest BCUT2D eigenvalue weighted by Crippen LogP contribution is -2.31. The van der Waals surface area contributed by atoms with Crippen LogP contribution >= 0.6 is 11.3 Å². The van der Waals surface area contributed by atoms with Crippen LogP contribution in [0, 0.1) is 17.2 Å². The number of hydrogen-bond acceptors (Lipinski definition) is 5. The van der Waals surface area contributed by atoms with Crippen molar-refractivity contribution in [2.75, 3.05) is 6.61 Å². The minimum absolute atomic E-state index is 0.00768. The lowest BCUT2D eigenvalue weighted by Gasteiger charge is -2.27. The van der Waals surface area contributed by atoms with Gasteiger partial charge in [-0.15, -0.1) is 11.3 Å². The topological polar surface area (TPSA) is 63.0 Å². The lowest BCUT2D eigenvalue weighted by molar-refractivity contribution is -0.127. The van der Waals surface area contributed by atoms with E-state index in [-0.39, 0.29) is 17.8 Å². The SMILES string of the molecule is C[C@@H]1C[C@@H](C(=O)[C@@H](C#N)c2nc3ccccc3s2)CCO1. The molecule has 1 fully saturated rings. The van der Waals surface area contributed by atoms with Gasteiger partial charge in [-0.05, 0) is 31.9 Å². The summed E-state index contributed by atoms with van der Waals surface area (Å²) in [7, 11) is 0. The number of aromatic nitrogens is 1. The summed E-state index contributed by atoms with van der Waals surface area (Å²) in [6, 6.07) is 9.87. The van der Waals surface area contributed by atoms with Gasteiger partial charge in [-0.1, -0.05) is 12.1 Å². The van der Waals surface area contributed by atoms with Crippen molar-refractivity contribution < 1.29 is 9.53 Å². The summed E-state index contributed by atoms with van der Waals surface area (Å²) in [6.07, 6.45) is 1.48. The van der Waals surface area contributed by atoms with E-state index in [4.69, 9.17) is 4.74 Å². The maximum Gasteiger partial charge on any atom is 0.160 e. The van der Waals surface area contributed by atoms with Crippen molar-refractivity contribution in [2.24, 2.45) is 5.92 Å². The maximum atomic E-state index is 12.6. The third-order valence-electron chi connectivity index (χ3n) is 3.86.